The fraction of sp³-hybridized carbons (Fsp3) is 0.786. The summed E-state index contributed by atoms with van der Waals surface area (Å²) in [5.74, 6) is 2.27. The van der Waals surface area contributed by atoms with E-state index in [2.05, 4.69) is 25.8 Å². The van der Waals surface area contributed by atoms with Crippen LogP contribution in [0.15, 0.2) is 6.20 Å². The average Bonchev–Trinajstić information content (AvgIpc) is 3.07. The third-order valence-corrected chi connectivity index (χ3v) is 5.19. The predicted molar refractivity (Wildman–Crippen MR) is 87.3 cm³/mol. The summed E-state index contributed by atoms with van der Waals surface area (Å²) in [5, 5.41) is 14.4. The third kappa shape index (κ3) is 4.21. The molecule has 1 aromatic rings. The lowest BCUT2D eigenvalue weighted by Crippen LogP contribution is -2.39. The van der Waals surface area contributed by atoms with Gasteiger partial charge in [0.15, 0.2) is 5.69 Å². The molecule has 2 aliphatic heterocycles. The van der Waals surface area contributed by atoms with Gasteiger partial charge in [0.1, 0.15) is 0 Å². The lowest BCUT2D eigenvalue weighted by molar-refractivity contribution is 0.0944. The molecule has 0 spiro atoms. The van der Waals surface area contributed by atoms with Crippen molar-refractivity contribution < 1.29 is 4.79 Å². The Bertz CT molecular complexity index is 481. The summed E-state index contributed by atoms with van der Waals surface area (Å²) in [6.07, 6.45) is 3.86. The first-order valence-electron chi connectivity index (χ1n) is 8.04. The van der Waals surface area contributed by atoms with Crippen LogP contribution in [-0.4, -0.2) is 76.6 Å². The van der Waals surface area contributed by atoms with E-state index in [9.17, 15) is 4.79 Å². The van der Waals surface area contributed by atoms with Crippen LogP contribution in [0.2, 0.25) is 0 Å². The molecule has 1 aromatic heterocycles. The molecule has 2 N–H and O–H groups in total. The number of carbonyl (C=O) groups is 1. The number of carbonyl (C=O) groups excluding carboxylic acids is 1. The molecule has 0 radical (unpaired) electrons. The minimum atomic E-state index is -0.119. The molecule has 22 heavy (non-hydrogen) atoms. The molecule has 122 valence electrons. The van der Waals surface area contributed by atoms with Crippen molar-refractivity contribution in [2.75, 3.05) is 50.8 Å². The van der Waals surface area contributed by atoms with Gasteiger partial charge < -0.3 is 10.6 Å². The van der Waals surface area contributed by atoms with Gasteiger partial charge in [0.25, 0.3) is 5.91 Å². The maximum Gasteiger partial charge on any atom is 0.273 e. The highest BCUT2D eigenvalue weighted by atomic mass is 32.2. The molecular weight excluding hydrogens is 300 g/mol. The van der Waals surface area contributed by atoms with Gasteiger partial charge in [-0.2, -0.15) is 11.8 Å². The first-order chi connectivity index (χ1) is 10.8. The van der Waals surface area contributed by atoms with Crippen molar-refractivity contribution in [1.29, 1.82) is 0 Å². The smallest absolute Gasteiger partial charge is 0.273 e. The van der Waals surface area contributed by atoms with Crippen molar-refractivity contribution in [3.63, 3.8) is 0 Å². The highest BCUT2D eigenvalue weighted by Gasteiger charge is 2.18. The van der Waals surface area contributed by atoms with Crippen molar-refractivity contribution in [2.24, 2.45) is 0 Å². The molecule has 0 aromatic carbocycles. The van der Waals surface area contributed by atoms with Crippen molar-refractivity contribution in [3.05, 3.63) is 11.9 Å². The SMILES string of the molecule is O=C(NCCN1CCSCC1)c1cn(C2CCNCC2)nn1. The maximum atomic E-state index is 12.1. The Morgan fingerprint density at radius 3 is 2.91 bits per heavy atom. The van der Waals surface area contributed by atoms with Crippen LogP contribution in [0.4, 0.5) is 0 Å². The summed E-state index contributed by atoms with van der Waals surface area (Å²) in [5.41, 5.74) is 0.424. The van der Waals surface area contributed by atoms with E-state index in [0.29, 0.717) is 18.3 Å². The molecule has 2 aliphatic rings. The minimum absolute atomic E-state index is 0.119. The zero-order chi connectivity index (χ0) is 15.2. The Labute approximate surface area is 135 Å². The number of aromatic nitrogens is 3. The van der Waals surface area contributed by atoms with Gasteiger partial charge in [0.2, 0.25) is 0 Å². The van der Waals surface area contributed by atoms with Crippen LogP contribution >= 0.6 is 11.8 Å². The Kier molecular flexibility index (Phi) is 5.69. The van der Waals surface area contributed by atoms with E-state index in [1.807, 2.05) is 16.4 Å². The Morgan fingerprint density at radius 1 is 1.36 bits per heavy atom. The van der Waals surface area contributed by atoms with Gasteiger partial charge >= 0.3 is 0 Å². The van der Waals surface area contributed by atoms with E-state index in [-0.39, 0.29) is 5.91 Å². The van der Waals surface area contributed by atoms with Gasteiger partial charge in [0, 0.05) is 37.7 Å². The molecule has 0 saturated carbocycles. The van der Waals surface area contributed by atoms with E-state index in [1.54, 1.807) is 6.20 Å². The molecule has 2 fully saturated rings. The van der Waals surface area contributed by atoms with Crippen molar-refractivity contribution >= 4 is 17.7 Å². The lowest BCUT2D eigenvalue weighted by atomic mass is 10.1. The summed E-state index contributed by atoms with van der Waals surface area (Å²) in [6.45, 7) is 5.82. The lowest BCUT2D eigenvalue weighted by Gasteiger charge is -2.25. The molecule has 3 rings (SSSR count). The summed E-state index contributed by atoms with van der Waals surface area (Å²) in [7, 11) is 0. The molecule has 7 nitrogen and oxygen atoms in total. The Hall–Kier alpha value is -1.12. The van der Waals surface area contributed by atoms with Crippen molar-refractivity contribution in [3.8, 4) is 0 Å². The van der Waals surface area contributed by atoms with Crippen LogP contribution in [0.1, 0.15) is 29.4 Å². The van der Waals surface area contributed by atoms with Crippen LogP contribution < -0.4 is 10.6 Å². The first-order valence-corrected chi connectivity index (χ1v) is 9.19. The van der Waals surface area contributed by atoms with Crippen molar-refractivity contribution in [2.45, 2.75) is 18.9 Å². The van der Waals surface area contributed by atoms with Gasteiger partial charge in [-0.1, -0.05) is 5.21 Å². The number of amides is 1. The zero-order valence-electron chi connectivity index (χ0n) is 12.8. The standard InChI is InChI=1S/C14H24N6OS/c21-14(16-5-6-19-7-9-22-10-8-19)13-11-20(18-17-13)12-1-3-15-4-2-12/h11-12,15H,1-10H2,(H,16,21). The molecule has 0 unspecified atom stereocenters. The number of nitrogens with one attached hydrogen (secondary N) is 2. The molecule has 0 bridgehead atoms. The van der Waals surface area contributed by atoms with Crippen LogP contribution in [0.5, 0.6) is 0 Å². The van der Waals surface area contributed by atoms with E-state index in [0.717, 1.165) is 45.6 Å². The molecule has 3 heterocycles. The molecule has 2 saturated heterocycles. The topological polar surface area (TPSA) is 75.1 Å². The predicted octanol–water partition coefficient (Wildman–Crippen LogP) is -0.0188. The molecule has 8 heteroatoms. The zero-order valence-corrected chi connectivity index (χ0v) is 13.6. The molecule has 0 atom stereocenters. The quantitative estimate of drug-likeness (QED) is 0.793. The normalized spacial score (nSPS) is 20.9. The molecular formula is C14H24N6OS. The van der Waals surface area contributed by atoms with E-state index < -0.39 is 0 Å². The maximum absolute atomic E-state index is 12.1. The van der Waals surface area contributed by atoms with Gasteiger partial charge in [-0.3, -0.25) is 9.69 Å². The van der Waals surface area contributed by atoms with E-state index >= 15 is 0 Å². The number of rotatable bonds is 5. The van der Waals surface area contributed by atoms with Crippen molar-refractivity contribution in [1.82, 2.24) is 30.5 Å². The molecule has 1 amide bonds. The van der Waals surface area contributed by atoms with Gasteiger partial charge in [0.05, 0.1) is 12.2 Å². The van der Waals surface area contributed by atoms with E-state index in [1.165, 1.54) is 11.5 Å². The van der Waals surface area contributed by atoms with Crippen LogP contribution in [0, 0.1) is 0 Å². The number of hydrogen-bond acceptors (Lipinski definition) is 6. The third-order valence-electron chi connectivity index (χ3n) is 4.24. The number of piperidine rings is 1. The van der Waals surface area contributed by atoms with Gasteiger partial charge in [-0.15, -0.1) is 5.10 Å². The van der Waals surface area contributed by atoms with E-state index in [4.69, 9.17) is 0 Å². The Balaban J connectivity index is 1.44. The second-order valence-electron chi connectivity index (χ2n) is 5.77. The summed E-state index contributed by atoms with van der Waals surface area (Å²) in [4.78, 5) is 14.5. The van der Waals surface area contributed by atoms with Crippen LogP contribution in [0.3, 0.4) is 0 Å². The number of thioether (sulfide) groups is 1. The minimum Gasteiger partial charge on any atom is -0.349 e. The molecule has 0 aliphatic carbocycles. The largest absolute Gasteiger partial charge is 0.349 e. The summed E-state index contributed by atoms with van der Waals surface area (Å²) in [6, 6.07) is 0.362. The number of hydrogen-bond donors (Lipinski definition) is 2. The van der Waals surface area contributed by atoms with Crippen LogP contribution in [0.25, 0.3) is 0 Å². The van der Waals surface area contributed by atoms with Gasteiger partial charge in [-0.25, -0.2) is 4.68 Å². The fourth-order valence-electron chi connectivity index (χ4n) is 2.87. The van der Waals surface area contributed by atoms with Crippen LogP contribution in [-0.2, 0) is 0 Å². The van der Waals surface area contributed by atoms with Gasteiger partial charge in [-0.05, 0) is 25.9 Å². The average molecular weight is 324 g/mol. The first kappa shape index (κ1) is 15.8. The summed E-state index contributed by atoms with van der Waals surface area (Å²) < 4.78 is 1.84. The number of nitrogens with zero attached hydrogens (tertiary/aromatic N) is 4. The highest BCUT2D eigenvalue weighted by Crippen LogP contribution is 2.16. The fourth-order valence-corrected chi connectivity index (χ4v) is 3.85. The monoisotopic (exact) mass is 324 g/mol. The second kappa shape index (κ2) is 7.94. The Morgan fingerprint density at radius 2 is 2.14 bits per heavy atom. The second-order valence-corrected chi connectivity index (χ2v) is 7.00. The summed E-state index contributed by atoms with van der Waals surface area (Å²) >= 11 is 2.00. The highest BCUT2D eigenvalue weighted by molar-refractivity contribution is 7.99.